The normalized spacial score (nSPS) is 11.9. The van der Waals surface area contributed by atoms with Crippen molar-refractivity contribution in [3.05, 3.63) is 34.9 Å². The summed E-state index contributed by atoms with van der Waals surface area (Å²) < 4.78 is 0. The first kappa shape index (κ1) is 13.7. The average molecular weight is 236 g/mol. The minimum atomic E-state index is 0. The Balaban J connectivity index is 0.00000169. The van der Waals surface area contributed by atoms with Crippen molar-refractivity contribution in [3.8, 4) is 0 Å². The first-order valence-electron chi connectivity index (χ1n) is 4.36. The third-order valence-electron chi connectivity index (χ3n) is 1.97. The van der Waals surface area contributed by atoms with Crippen LogP contribution in [0.15, 0.2) is 24.3 Å². The molecule has 0 bridgehead atoms. The highest BCUT2D eigenvalue weighted by atomic mass is 35.5. The highest BCUT2D eigenvalue weighted by Gasteiger charge is 2.04. The molecule has 1 aromatic carbocycles. The summed E-state index contributed by atoms with van der Waals surface area (Å²) in [7, 11) is 0. The number of rotatable bonds is 4. The molecule has 14 heavy (non-hydrogen) atoms. The Kier molecular flexibility index (Phi) is 6.93. The maximum atomic E-state index is 8.63. The molecular formula is C10H15Cl2NO. The zero-order valence-corrected chi connectivity index (χ0v) is 9.39. The second kappa shape index (κ2) is 7.07. The number of aliphatic hydroxyl groups is 1. The van der Waals surface area contributed by atoms with Gasteiger partial charge >= 0.3 is 0 Å². The fraction of sp³-hybridized carbons (Fsp3) is 0.400. The van der Waals surface area contributed by atoms with E-state index in [1.54, 1.807) is 0 Å². The number of benzene rings is 1. The Morgan fingerprint density at radius 1 is 1.29 bits per heavy atom. The van der Waals surface area contributed by atoms with Crippen LogP contribution >= 0.6 is 24.0 Å². The molecule has 0 aliphatic rings. The van der Waals surface area contributed by atoms with Crippen LogP contribution in [0.2, 0.25) is 5.02 Å². The maximum absolute atomic E-state index is 8.63. The van der Waals surface area contributed by atoms with E-state index in [1.807, 2.05) is 24.3 Å². The van der Waals surface area contributed by atoms with E-state index >= 15 is 0 Å². The first-order chi connectivity index (χ1) is 6.24. The molecule has 0 aliphatic carbocycles. The van der Waals surface area contributed by atoms with Gasteiger partial charge in [0.25, 0.3) is 0 Å². The SMILES string of the molecule is Cl.N[C@H](CCCO)c1ccc(Cl)cc1. The molecule has 0 saturated carbocycles. The van der Waals surface area contributed by atoms with Gasteiger partial charge in [0, 0.05) is 17.7 Å². The van der Waals surface area contributed by atoms with Crippen LogP contribution in [0.25, 0.3) is 0 Å². The van der Waals surface area contributed by atoms with Crippen LogP contribution in [0.1, 0.15) is 24.4 Å². The summed E-state index contributed by atoms with van der Waals surface area (Å²) in [5.74, 6) is 0. The topological polar surface area (TPSA) is 46.2 Å². The summed E-state index contributed by atoms with van der Waals surface area (Å²) in [4.78, 5) is 0. The van der Waals surface area contributed by atoms with Gasteiger partial charge in [-0.25, -0.2) is 0 Å². The molecule has 1 atom stereocenters. The Labute approximate surface area is 95.5 Å². The van der Waals surface area contributed by atoms with Gasteiger partial charge in [0.1, 0.15) is 0 Å². The second-order valence-corrected chi connectivity index (χ2v) is 3.46. The average Bonchev–Trinajstić information content (AvgIpc) is 2.15. The highest BCUT2D eigenvalue weighted by molar-refractivity contribution is 6.30. The van der Waals surface area contributed by atoms with Crippen LogP contribution in [0.4, 0.5) is 0 Å². The highest BCUT2D eigenvalue weighted by Crippen LogP contribution is 2.17. The molecule has 0 saturated heterocycles. The summed E-state index contributed by atoms with van der Waals surface area (Å²) in [6, 6.07) is 7.50. The van der Waals surface area contributed by atoms with Gasteiger partial charge in [0.05, 0.1) is 0 Å². The van der Waals surface area contributed by atoms with Crippen molar-refractivity contribution in [1.29, 1.82) is 0 Å². The molecule has 0 heterocycles. The van der Waals surface area contributed by atoms with Crippen LogP contribution < -0.4 is 5.73 Å². The Morgan fingerprint density at radius 2 is 1.86 bits per heavy atom. The molecule has 0 amide bonds. The van der Waals surface area contributed by atoms with Crippen molar-refractivity contribution in [3.63, 3.8) is 0 Å². The van der Waals surface area contributed by atoms with E-state index in [9.17, 15) is 0 Å². The van der Waals surface area contributed by atoms with E-state index < -0.39 is 0 Å². The lowest BCUT2D eigenvalue weighted by molar-refractivity contribution is 0.280. The number of nitrogens with two attached hydrogens (primary N) is 1. The molecule has 80 valence electrons. The van der Waals surface area contributed by atoms with E-state index in [2.05, 4.69) is 0 Å². The van der Waals surface area contributed by atoms with E-state index in [0.717, 1.165) is 23.4 Å². The molecule has 0 spiro atoms. The Hall–Kier alpha value is -0.280. The molecule has 2 nitrogen and oxygen atoms in total. The quantitative estimate of drug-likeness (QED) is 0.843. The monoisotopic (exact) mass is 235 g/mol. The van der Waals surface area contributed by atoms with Gasteiger partial charge in [-0.15, -0.1) is 12.4 Å². The largest absolute Gasteiger partial charge is 0.396 e. The number of aliphatic hydroxyl groups excluding tert-OH is 1. The number of halogens is 2. The van der Waals surface area contributed by atoms with Crippen molar-refractivity contribution in [1.82, 2.24) is 0 Å². The van der Waals surface area contributed by atoms with Crippen LogP contribution in [0.3, 0.4) is 0 Å². The van der Waals surface area contributed by atoms with Crippen molar-refractivity contribution in [2.24, 2.45) is 5.73 Å². The number of hydrogen-bond acceptors (Lipinski definition) is 2. The second-order valence-electron chi connectivity index (χ2n) is 3.02. The van der Waals surface area contributed by atoms with Crippen LogP contribution in [-0.4, -0.2) is 11.7 Å². The zero-order chi connectivity index (χ0) is 9.68. The zero-order valence-electron chi connectivity index (χ0n) is 7.82. The molecule has 0 aliphatic heterocycles. The van der Waals surface area contributed by atoms with Crippen molar-refractivity contribution >= 4 is 24.0 Å². The smallest absolute Gasteiger partial charge is 0.0431 e. The minimum Gasteiger partial charge on any atom is -0.396 e. The predicted molar refractivity (Wildman–Crippen MR) is 61.9 cm³/mol. The van der Waals surface area contributed by atoms with Gasteiger partial charge in [0.15, 0.2) is 0 Å². The Bertz CT molecular complexity index is 251. The first-order valence-corrected chi connectivity index (χ1v) is 4.73. The molecular weight excluding hydrogens is 221 g/mol. The van der Waals surface area contributed by atoms with E-state index in [0.29, 0.717) is 0 Å². The predicted octanol–water partition coefficient (Wildman–Crippen LogP) is 2.53. The fourth-order valence-corrected chi connectivity index (χ4v) is 1.31. The standard InChI is InChI=1S/C10H14ClNO.ClH/c11-9-5-3-8(4-6-9)10(12)2-1-7-13;/h3-6,10,13H,1-2,7,12H2;1H/t10-;/m1./s1. The van der Waals surface area contributed by atoms with Gasteiger partial charge < -0.3 is 10.8 Å². The summed E-state index contributed by atoms with van der Waals surface area (Å²) in [6.07, 6.45) is 1.54. The van der Waals surface area contributed by atoms with Crippen LogP contribution in [-0.2, 0) is 0 Å². The number of hydrogen-bond donors (Lipinski definition) is 2. The molecule has 4 heteroatoms. The van der Waals surface area contributed by atoms with Crippen LogP contribution in [0.5, 0.6) is 0 Å². The van der Waals surface area contributed by atoms with Gasteiger partial charge in [-0.3, -0.25) is 0 Å². The van der Waals surface area contributed by atoms with Gasteiger partial charge in [-0.2, -0.15) is 0 Å². The third-order valence-corrected chi connectivity index (χ3v) is 2.22. The summed E-state index contributed by atoms with van der Waals surface area (Å²) in [6.45, 7) is 0.196. The molecule has 0 unspecified atom stereocenters. The molecule has 0 radical (unpaired) electrons. The molecule has 0 fully saturated rings. The maximum Gasteiger partial charge on any atom is 0.0431 e. The summed E-state index contributed by atoms with van der Waals surface area (Å²) in [5.41, 5.74) is 6.94. The molecule has 0 aromatic heterocycles. The van der Waals surface area contributed by atoms with Crippen molar-refractivity contribution < 1.29 is 5.11 Å². The van der Waals surface area contributed by atoms with E-state index in [1.165, 1.54) is 0 Å². The van der Waals surface area contributed by atoms with E-state index in [-0.39, 0.29) is 25.1 Å². The molecule has 1 aromatic rings. The van der Waals surface area contributed by atoms with Crippen molar-refractivity contribution in [2.45, 2.75) is 18.9 Å². The lowest BCUT2D eigenvalue weighted by Crippen LogP contribution is -2.10. The Morgan fingerprint density at radius 3 is 2.36 bits per heavy atom. The molecule has 3 N–H and O–H groups in total. The fourth-order valence-electron chi connectivity index (χ4n) is 1.19. The summed E-state index contributed by atoms with van der Waals surface area (Å²) in [5, 5.41) is 9.35. The van der Waals surface area contributed by atoms with Gasteiger partial charge in [0.2, 0.25) is 0 Å². The van der Waals surface area contributed by atoms with Gasteiger partial charge in [-0.05, 0) is 30.5 Å². The summed E-state index contributed by atoms with van der Waals surface area (Å²) >= 11 is 5.74. The molecule has 1 rings (SSSR count). The lowest BCUT2D eigenvalue weighted by Gasteiger charge is -2.10. The lowest BCUT2D eigenvalue weighted by atomic mass is 10.0. The minimum absolute atomic E-state index is 0. The van der Waals surface area contributed by atoms with E-state index in [4.69, 9.17) is 22.4 Å². The van der Waals surface area contributed by atoms with Crippen LogP contribution in [0, 0.1) is 0 Å². The van der Waals surface area contributed by atoms with Crippen molar-refractivity contribution in [2.75, 3.05) is 6.61 Å². The third kappa shape index (κ3) is 4.29. The van der Waals surface area contributed by atoms with Gasteiger partial charge in [-0.1, -0.05) is 23.7 Å².